The van der Waals surface area contributed by atoms with Crippen molar-refractivity contribution in [1.29, 1.82) is 0 Å². The molecule has 1 amide bonds. The molecule has 0 aromatic heterocycles. The molecule has 3 rings (SSSR count). The lowest BCUT2D eigenvalue weighted by molar-refractivity contribution is -0.116. The number of hydrogen-bond acceptors (Lipinski definition) is 5. The van der Waals surface area contributed by atoms with E-state index >= 15 is 0 Å². The Morgan fingerprint density at radius 1 is 0.914 bits per heavy atom. The molecule has 0 bridgehead atoms. The maximum Gasteiger partial charge on any atom is 0.261 e. The zero-order valence-corrected chi connectivity index (χ0v) is 22.1. The summed E-state index contributed by atoms with van der Waals surface area (Å²) in [6.45, 7) is 3.14. The summed E-state index contributed by atoms with van der Waals surface area (Å²) in [4.78, 5) is 12.8. The monoisotopic (exact) mass is 555 g/mol. The molecule has 3 aromatic carbocycles. The molecule has 0 saturated carbocycles. The number of rotatable bonds is 8. The van der Waals surface area contributed by atoms with Crippen LogP contribution in [-0.4, -0.2) is 35.0 Å². The molecular formula is C23H23Cl2N3O5S2. The maximum absolute atomic E-state index is 12.8. The van der Waals surface area contributed by atoms with Crippen LogP contribution < -0.4 is 14.3 Å². The van der Waals surface area contributed by atoms with Crippen LogP contribution in [0.3, 0.4) is 0 Å². The summed E-state index contributed by atoms with van der Waals surface area (Å²) < 4.78 is 53.8. The lowest BCUT2D eigenvalue weighted by Crippen LogP contribution is -2.45. The van der Waals surface area contributed by atoms with E-state index < -0.39 is 32.0 Å². The number of halogens is 2. The van der Waals surface area contributed by atoms with Crippen LogP contribution in [0.2, 0.25) is 10.0 Å². The summed E-state index contributed by atoms with van der Waals surface area (Å²) in [7, 11) is -7.70. The summed E-state index contributed by atoms with van der Waals surface area (Å²) in [6.07, 6.45) is 1.000. The van der Waals surface area contributed by atoms with Crippen molar-refractivity contribution >= 4 is 66.2 Å². The summed E-state index contributed by atoms with van der Waals surface area (Å²) in [6, 6.07) is 15.3. The zero-order chi connectivity index (χ0) is 26.0. The molecular weight excluding hydrogens is 533 g/mol. The SMILES string of the molecule is Cc1c(Cl)cccc1NS(=O)(=O)c1ccc(NC(=O)C(C)N(c2ccc(Cl)cc2)S(C)(=O)=O)cc1. The smallest absolute Gasteiger partial charge is 0.261 e. The van der Waals surface area contributed by atoms with Gasteiger partial charge in [-0.2, -0.15) is 0 Å². The minimum Gasteiger partial charge on any atom is -0.324 e. The van der Waals surface area contributed by atoms with E-state index in [0.717, 1.165) is 10.6 Å². The molecule has 1 atom stereocenters. The van der Waals surface area contributed by atoms with E-state index in [1.54, 1.807) is 25.1 Å². The Labute approximate surface area is 215 Å². The molecule has 0 heterocycles. The van der Waals surface area contributed by atoms with Crippen LogP contribution in [0.25, 0.3) is 0 Å². The predicted octanol–water partition coefficient (Wildman–Crippen LogP) is 4.90. The molecule has 0 aliphatic heterocycles. The molecule has 186 valence electrons. The Bertz CT molecular complexity index is 1440. The van der Waals surface area contributed by atoms with Gasteiger partial charge in [0.05, 0.1) is 22.5 Å². The Morgan fingerprint density at radius 2 is 1.51 bits per heavy atom. The van der Waals surface area contributed by atoms with Gasteiger partial charge in [-0.05, 0) is 80.1 Å². The van der Waals surface area contributed by atoms with E-state index in [4.69, 9.17) is 23.2 Å². The largest absolute Gasteiger partial charge is 0.324 e. The van der Waals surface area contributed by atoms with Crippen LogP contribution in [0.4, 0.5) is 17.1 Å². The van der Waals surface area contributed by atoms with Gasteiger partial charge >= 0.3 is 0 Å². The summed E-state index contributed by atoms with van der Waals surface area (Å²) >= 11 is 11.9. The quantitative estimate of drug-likeness (QED) is 0.410. The van der Waals surface area contributed by atoms with Gasteiger partial charge in [0.1, 0.15) is 6.04 Å². The van der Waals surface area contributed by atoms with Crippen LogP contribution in [0.1, 0.15) is 12.5 Å². The van der Waals surface area contributed by atoms with Gasteiger partial charge in [-0.15, -0.1) is 0 Å². The number of sulfonamides is 2. The fourth-order valence-corrected chi connectivity index (χ4v) is 5.88. The first-order valence-corrected chi connectivity index (χ1v) is 14.3. The third-order valence-corrected chi connectivity index (χ3v) is 8.40. The second-order valence-electron chi connectivity index (χ2n) is 7.74. The topological polar surface area (TPSA) is 113 Å². The van der Waals surface area contributed by atoms with Gasteiger partial charge in [0.15, 0.2) is 0 Å². The Morgan fingerprint density at radius 3 is 2.09 bits per heavy atom. The first-order valence-electron chi connectivity index (χ1n) is 10.2. The van der Waals surface area contributed by atoms with Gasteiger partial charge in [-0.1, -0.05) is 29.3 Å². The average molecular weight is 556 g/mol. The number of carbonyl (C=O) groups excluding carboxylic acids is 1. The number of amides is 1. The van der Waals surface area contributed by atoms with Gasteiger partial charge in [-0.3, -0.25) is 13.8 Å². The molecule has 0 radical (unpaired) electrons. The number of anilines is 3. The highest BCUT2D eigenvalue weighted by atomic mass is 35.5. The van der Waals surface area contributed by atoms with Crippen molar-refractivity contribution in [3.8, 4) is 0 Å². The van der Waals surface area contributed by atoms with Crippen LogP contribution in [-0.2, 0) is 24.8 Å². The normalized spacial score (nSPS) is 12.6. The Balaban J connectivity index is 1.77. The van der Waals surface area contributed by atoms with Crippen LogP contribution >= 0.6 is 23.2 Å². The van der Waals surface area contributed by atoms with Gasteiger partial charge in [-0.25, -0.2) is 16.8 Å². The molecule has 8 nitrogen and oxygen atoms in total. The molecule has 0 spiro atoms. The van der Waals surface area contributed by atoms with E-state index in [-0.39, 0.29) is 10.6 Å². The lowest BCUT2D eigenvalue weighted by Gasteiger charge is -2.28. The van der Waals surface area contributed by atoms with Gasteiger partial charge in [0.2, 0.25) is 15.9 Å². The predicted molar refractivity (Wildman–Crippen MR) is 140 cm³/mol. The molecule has 2 N–H and O–H groups in total. The van der Waals surface area contributed by atoms with E-state index in [1.165, 1.54) is 55.5 Å². The molecule has 0 saturated heterocycles. The number of carbonyl (C=O) groups is 1. The zero-order valence-electron chi connectivity index (χ0n) is 19.0. The fourth-order valence-electron chi connectivity index (χ4n) is 3.28. The van der Waals surface area contributed by atoms with Crippen molar-refractivity contribution in [2.24, 2.45) is 0 Å². The van der Waals surface area contributed by atoms with Crippen molar-refractivity contribution in [2.45, 2.75) is 24.8 Å². The summed E-state index contributed by atoms with van der Waals surface area (Å²) in [5, 5.41) is 3.47. The average Bonchev–Trinajstić information content (AvgIpc) is 2.77. The highest BCUT2D eigenvalue weighted by molar-refractivity contribution is 7.92. The number of benzene rings is 3. The maximum atomic E-state index is 12.8. The highest BCUT2D eigenvalue weighted by Crippen LogP contribution is 2.27. The van der Waals surface area contributed by atoms with Gasteiger partial charge < -0.3 is 5.32 Å². The van der Waals surface area contributed by atoms with Crippen molar-refractivity contribution < 1.29 is 21.6 Å². The van der Waals surface area contributed by atoms with Crippen molar-refractivity contribution in [3.05, 3.63) is 82.3 Å². The molecule has 0 fully saturated rings. The highest BCUT2D eigenvalue weighted by Gasteiger charge is 2.29. The van der Waals surface area contributed by atoms with Crippen LogP contribution in [0.5, 0.6) is 0 Å². The molecule has 35 heavy (non-hydrogen) atoms. The van der Waals surface area contributed by atoms with Crippen LogP contribution in [0, 0.1) is 6.92 Å². The van der Waals surface area contributed by atoms with Crippen molar-refractivity contribution in [3.63, 3.8) is 0 Å². The third kappa shape index (κ3) is 6.46. The van der Waals surface area contributed by atoms with E-state index in [2.05, 4.69) is 10.0 Å². The number of hydrogen-bond donors (Lipinski definition) is 2. The summed E-state index contributed by atoms with van der Waals surface area (Å²) in [5.41, 5.74) is 1.52. The first-order chi connectivity index (χ1) is 16.3. The second kappa shape index (κ2) is 10.4. The fraction of sp³-hybridized carbons (Fsp3) is 0.174. The minimum atomic E-state index is -3.91. The van der Waals surface area contributed by atoms with E-state index in [1.807, 2.05) is 0 Å². The van der Waals surface area contributed by atoms with Crippen molar-refractivity contribution in [1.82, 2.24) is 0 Å². The van der Waals surface area contributed by atoms with Crippen LogP contribution in [0.15, 0.2) is 71.6 Å². The standard InChI is InChI=1S/C23H23Cl2N3O5S2/c1-15-21(25)5-4-6-22(15)27-35(32,33)20-13-9-18(10-14-20)26-23(29)16(2)28(34(3,30)31)19-11-7-17(24)8-12-19/h4-14,16,27H,1-3H3,(H,26,29). The Hall–Kier alpha value is -2.79. The molecule has 12 heteroatoms. The summed E-state index contributed by atoms with van der Waals surface area (Å²) in [5.74, 6) is -0.603. The van der Waals surface area contributed by atoms with Gasteiger partial charge in [0.25, 0.3) is 10.0 Å². The number of nitrogens with zero attached hydrogens (tertiary/aromatic N) is 1. The molecule has 0 aliphatic carbocycles. The molecule has 3 aromatic rings. The van der Waals surface area contributed by atoms with E-state index in [0.29, 0.717) is 27.0 Å². The second-order valence-corrected chi connectivity index (χ2v) is 12.1. The number of nitrogens with one attached hydrogen (secondary N) is 2. The minimum absolute atomic E-state index is 0.0261. The Kier molecular flexibility index (Phi) is 8.00. The first kappa shape index (κ1) is 26.8. The van der Waals surface area contributed by atoms with E-state index in [9.17, 15) is 21.6 Å². The third-order valence-electron chi connectivity index (χ3n) is 5.11. The van der Waals surface area contributed by atoms with Crippen molar-refractivity contribution in [2.75, 3.05) is 20.6 Å². The molecule has 1 unspecified atom stereocenters. The van der Waals surface area contributed by atoms with Gasteiger partial charge in [0, 0.05) is 15.7 Å². The lowest BCUT2D eigenvalue weighted by atomic mass is 10.2. The molecule has 0 aliphatic rings.